The molecule has 0 spiro atoms. The van der Waals surface area contributed by atoms with Crippen molar-refractivity contribution in [2.75, 3.05) is 20.1 Å². The maximum atomic E-state index is 12.8. The van der Waals surface area contributed by atoms with E-state index in [4.69, 9.17) is 0 Å². The molecule has 0 aromatic carbocycles. The number of rotatable bonds is 3. The van der Waals surface area contributed by atoms with Crippen molar-refractivity contribution in [2.24, 2.45) is 5.92 Å². The van der Waals surface area contributed by atoms with Gasteiger partial charge in [0.15, 0.2) is 0 Å². The summed E-state index contributed by atoms with van der Waals surface area (Å²) in [6.07, 6.45) is -1.61. The molecule has 5 heteroatoms. The summed E-state index contributed by atoms with van der Waals surface area (Å²) in [5.74, 6) is 0.381. The van der Waals surface area contributed by atoms with Crippen LogP contribution < -0.4 is 5.32 Å². The third-order valence-corrected chi connectivity index (χ3v) is 4.27. The summed E-state index contributed by atoms with van der Waals surface area (Å²) < 4.78 is 38.4. The van der Waals surface area contributed by atoms with Crippen LogP contribution in [0.25, 0.3) is 0 Å². The Bertz CT molecular complexity index is 265. The molecule has 1 aliphatic carbocycles. The zero-order valence-electron chi connectivity index (χ0n) is 10.5. The van der Waals surface area contributed by atoms with E-state index in [9.17, 15) is 13.2 Å². The van der Waals surface area contributed by atoms with Crippen molar-refractivity contribution in [3.8, 4) is 0 Å². The average molecular weight is 250 g/mol. The van der Waals surface area contributed by atoms with Crippen LogP contribution in [0.2, 0.25) is 0 Å². The largest absolute Gasteiger partial charge is 0.406 e. The number of piperidine rings is 1. The molecule has 100 valence electrons. The quantitative estimate of drug-likeness (QED) is 0.827. The molecule has 1 atom stereocenters. The molecule has 2 nitrogen and oxygen atoms in total. The Labute approximate surface area is 101 Å². The fourth-order valence-electron chi connectivity index (χ4n) is 2.72. The van der Waals surface area contributed by atoms with Crippen LogP contribution in [0.1, 0.15) is 32.6 Å². The van der Waals surface area contributed by atoms with Crippen LogP contribution >= 0.6 is 0 Å². The van der Waals surface area contributed by atoms with Crippen molar-refractivity contribution < 1.29 is 13.2 Å². The smallest absolute Gasteiger partial charge is 0.306 e. The minimum Gasteiger partial charge on any atom is -0.306 e. The van der Waals surface area contributed by atoms with Gasteiger partial charge in [-0.25, -0.2) is 0 Å². The Morgan fingerprint density at radius 3 is 2.18 bits per heavy atom. The molecule has 1 unspecified atom stereocenters. The van der Waals surface area contributed by atoms with Crippen molar-refractivity contribution in [1.29, 1.82) is 0 Å². The highest BCUT2D eigenvalue weighted by Gasteiger charge is 2.63. The molecule has 1 heterocycles. The van der Waals surface area contributed by atoms with Crippen LogP contribution in [-0.2, 0) is 0 Å². The van der Waals surface area contributed by atoms with Crippen LogP contribution in [0.5, 0.6) is 0 Å². The van der Waals surface area contributed by atoms with E-state index in [0.717, 1.165) is 25.9 Å². The molecule has 0 radical (unpaired) electrons. The van der Waals surface area contributed by atoms with Crippen molar-refractivity contribution in [3.05, 3.63) is 0 Å². The maximum absolute atomic E-state index is 12.8. The molecule has 0 aromatic heterocycles. The van der Waals surface area contributed by atoms with Gasteiger partial charge in [0, 0.05) is 6.04 Å². The summed E-state index contributed by atoms with van der Waals surface area (Å²) in [5.41, 5.74) is -1.56. The Morgan fingerprint density at radius 1 is 1.24 bits per heavy atom. The molecule has 2 aliphatic rings. The summed E-state index contributed by atoms with van der Waals surface area (Å²) in [7, 11) is 2.06. The van der Waals surface area contributed by atoms with Crippen LogP contribution in [0.4, 0.5) is 13.2 Å². The van der Waals surface area contributed by atoms with Gasteiger partial charge in [0.1, 0.15) is 5.54 Å². The molecule has 17 heavy (non-hydrogen) atoms. The van der Waals surface area contributed by atoms with Gasteiger partial charge in [-0.3, -0.25) is 0 Å². The van der Waals surface area contributed by atoms with Crippen LogP contribution in [0.15, 0.2) is 0 Å². The third kappa shape index (κ3) is 2.76. The molecule has 0 amide bonds. The lowest BCUT2D eigenvalue weighted by Crippen LogP contribution is -2.52. The fourth-order valence-corrected chi connectivity index (χ4v) is 2.72. The fraction of sp³-hybridized carbons (Fsp3) is 1.00. The van der Waals surface area contributed by atoms with Gasteiger partial charge in [0.05, 0.1) is 0 Å². The Hall–Kier alpha value is -0.290. The molecule has 0 bridgehead atoms. The van der Waals surface area contributed by atoms with Crippen LogP contribution in [0, 0.1) is 5.92 Å². The van der Waals surface area contributed by atoms with E-state index in [1.807, 2.05) is 6.92 Å². The normalized spacial score (nSPS) is 28.1. The van der Waals surface area contributed by atoms with E-state index in [-0.39, 0.29) is 18.9 Å². The summed E-state index contributed by atoms with van der Waals surface area (Å²) in [5, 5.41) is 2.85. The zero-order chi connectivity index (χ0) is 12.7. The minimum absolute atomic E-state index is 0.0344. The first-order valence-electron chi connectivity index (χ1n) is 6.37. The van der Waals surface area contributed by atoms with Gasteiger partial charge in [0.25, 0.3) is 0 Å². The molecule has 1 saturated carbocycles. The summed E-state index contributed by atoms with van der Waals surface area (Å²) >= 11 is 0. The monoisotopic (exact) mass is 250 g/mol. The molecule has 0 aromatic rings. The highest BCUT2D eigenvalue weighted by Crippen LogP contribution is 2.49. The standard InChI is InChI=1S/C12H21F3N2/c1-9(10-3-7-17(2)8-4-10)16-11(5-6-11)12(13,14)15/h9-10,16H,3-8H2,1-2H3. The lowest BCUT2D eigenvalue weighted by Gasteiger charge is -2.35. The van der Waals surface area contributed by atoms with Crippen molar-refractivity contribution in [3.63, 3.8) is 0 Å². The van der Waals surface area contributed by atoms with E-state index in [2.05, 4.69) is 17.3 Å². The molecule has 2 rings (SSSR count). The van der Waals surface area contributed by atoms with Gasteiger partial charge in [-0.1, -0.05) is 0 Å². The van der Waals surface area contributed by atoms with E-state index in [0.29, 0.717) is 5.92 Å². The van der Waals surface area contributed by atoms with E-state index in [1.165, 1.54) is 0 Å². The first-order chi connectivity index (χ1) is 7.84. The molecule has 1 N–H and O–H groups in total. The zero-order valence-corrected chi connectivity index (χ0v) is 10.5. The first kappa shape index (κ1) is 13.1. The molecule has 1 aliphatic heterocycles. The number of hydrogen-bond acceptors (Lipinski definition) is 2. The van der Waals surface area contributed by atoms with Crippen LogP contribution in [0.3, 0.4) is 0 Å². The van der Waals surface area contributed by atoms with Gasteiger partial charge in [-0.2, -0.15) is 13.2 Å². The van der Waals surface area contributed by atoms with Crippen LogP contribution in [-0.4, -0.2) is 42.8 Å². The summed E-state index contributed by atoms with van der Waals surface area (Å²) in [4.78, 5) is 2.24. The summed E-state index contributed by atoms with van der Waals surface area (Å²) in [6.45, 7) is 3.90. The van der Waals surface area contributed by atoms with E-state index >= 15 is 0 Å². The van der Waals surface area contributed by atoms with Crippen molar-refractivity contribution >= 4 is 0 Å². The number of nitrogens with one attached hydrogen (secondary N) is 1. The van der Waals surface area contributed by atoms with E-state index < -0.39 is 11.7 Å². The number of hydrogen-bond donors (Lipinski definition) is 1. The Balaban J connectivity index is 1.87. The lowest BCUT2D eigenvalue weighted by atomic mass is 9.90. The Kier molecular flexibility index (Phi) is 3.42. The highest BCUT2D eigenvalue weighted by molar-refractivity contribution is 5.09. The second kappa shape index (κ2) is 4.43. The molecule has 2 fully saturated rings. The van der Waals surface area contributed by atoms with Crippen molar-refractivity contribution in [2.45, 2.75) is 50.4 Å². The SMILES string of the molecule is CC(NC1(C(F)(F)F)CC1)C1CCN(C)CC1. The van der Waals surface area contributed by atoms with Gasteiger partial charge in [-0.05, 0) is 58.7 Å². The number of halogens is 3. The number of nitrogens with zero attached hydrogens (tertiary/aromatic N) is 1. The molecular formula is C12H21F3N2. The predicted octanol–water partition coefficient (Wildman–Crippen LogP) is 2.40. The van der Waals surface area contributed by atoms with Gasteiger partial charge in [-0.15, -0.1) is 0 Å². The second-order valence-corrected chi connectivity index (χ2v) is 5.65. The topological polar surface area (TPSA) is 15.3 Å². The minimum atomic E-state index is -4.09. The average Bonchev–Trinajstić information content (AvgIpc) is 2.98. The maximum Gasteiger partial charge on any atom is 0.406 e. The second-order valence-electron chi connectivity index (χ2n) is 5.65. The number of likely N-dealkylation sites (tertiary alicyclic amines) is 1. The van der Waals surface area contributed by atoms with Crippen molar-refractivity contribution in [1.82, 2.24) is 10.2 Å². The highest BCUT2D eigenvalue weighted by atomic mass is 19.4. The third-order valence-electron chi connectivity index (χ3n) is 4.27. The lowest BCUT2D eigenvalue weighted by molar-refractivity contribution is -0.168. The Morgan fingerprint density at radius 2 is 1.76 bits per heavy atom. The first-order valence-corrected chi connectivity index (χ1v) is 6.37. The van der Waals surface area contributed by atoms with Gasteiger partial charge in [0.2, 0.25) is 0 Å². The number of alkyl halides is 3. The van der Waals surface area contributed by atoms with Gasteiger partial charge < -0.3 is 10.2 Å². The molecule has 1 saturated heterocycles. The van der Waals surface area contributed by atoms with Gasteiger partial charge >= 0.3 is 6.18 Å². The summed E-state index contributed by atoms with van der Waals surface area (Å²) in [6, 6.07) is -0.0344. The van der Waals surface area contributed by atoms with E-state index in [1.54, 1.807) is 0 Å². The predicted molar refractivity (Wildman–Crippen MR) is 60.8 cm³/mol. The molecular weight excluding hydrogens is 229 g/mol.